The summed E-state index contributed by atoms with van der Waals surface area (Å²) in [7, 11) is -3.06. The summed E-state index contributed by atoms with van der Waals surface area (Å²) in [5, 5.41) is 3.04. The van der Waals surface area contributed by atoms with Crippen molar-refractivity contribution in [1.82, 2.24) is 4.90 Å². The lowest BCUT2D eigenvalue weighted by atomic mass is 10.1. The van der Waals surface area contributed by atoms with Gasteiger partial charge in [0.2, 0.25) is 11.8 Å². The molecule has 0 spiro atoms. The summed E-state index contributed by atoms with van der Waals surface area (Å²) in [5.41, 5.74) is 1.82. The van der Waals surface area contributed by atoms with E-state index in [2.05, 4.69) is 10.2 Å². The van der Waals surface area contributed by atoms with Crippen molar-refractivity contribution in [2.24, 2.45) is 5.92 Å². The molecule has 4 rings (SSSR count). The first-order chi connectivity index (χ1) is 13.9. The predicted molar refractivity (Wildman–Crippen MR) is 113 cm³/mol. The number of anilines is 2. The third-order valence-corrected chi connectivity index (χ3v) is 8.04. The molecule has 2 atom stereocenters. The zero-order valence-corrected chi connectivity index (χ0v) is 17.5. The first-order valence-corrected chi connectivity index (χ1v) is 12.4. The quantitative estimate of drug-likeness (QED) is 0.807. The van der Waals surface area contributed by atoms with E-state index in [4.69, 9.17) is 0 Å². The number of amides is 2. The van der Waals surface area contributed by atoms with E-state index in [0.29, 0.717) is 13.0 Å². The van der Waals surface area contributed by atoms with Crippen LogP contribution in [0.5, 0.6) is 0 Å². The highest BCUT2D eigenvalue weighted by Crippen LogP contribution is 2.30. The van der Waals surface area contributed by atoms with E-state index in [-0.39, 0.29) is 35.8 Å². The molecule has 0 aliphatic carbocycles. The van der Waals surface area contributed by atoms with E-state index in [1.807, 2.05) is 24.3 Å². The summed E-state index contributed by atoms with van der Waals surface area (Å²) in [6, 6.07) is 7.56. The number of rotatable bonds is 4. The molecule has 0 aromatic heterocycles. The lowest BCUT2D eigenvalue weighted by Gasteiger charge is -2.26. The Morgan fingerprint density at radius 3 is 2.48 bits per heavy atom. The normalized spacial score (nSPS) is 27.1. The second kappa shape index (κ2) is 8.34. The van der Waals surface area contributed by atoms with Gasteiger partial charge in [-0.1, -0.05) is 25.0 Å². The molecule has 3 aliphatic rings. The Kier molecular flexibility index (Phi) is 5.81. The lowest BCUT2D eigenvalue weighted by Crippen LogP contribution is -2.38. The lowest BCUT2D eigenvalue weighted by molar-refractivity contribution is -0.129. The zero-order valence-electron chi connectivity index (χ0n) is 16.7. The van der Waals surface area contributed by atoms with Crippen molar-refractivity contribution >= 4 is 33.0 Å². The number of likely N-dealkylation sites (tertiary alicyclic amines) is 1. The first kappa shape index (κ1) is 20.2. The van der Waals surface area contributed by atoms with Crippen LogP contribution in [0.15, 0.2) is 24.3 Å². The maximum atomic E-state index is 12.9. The number of para-hydroxylation sites is 2. The van der Waals surface area contributed by atoms with Crippen molar-refractivity contribution in [3.05, 3.63) is 24.3 Å². The van der Waals surface area contributed by atoms with Gasteiger partial charge in [0.1, 0.15) is 0 Å². The first-order valence-electron chi connectivity index (χ1n) is 10.6. The van der Waals surface area contributed by atoms with Gasteiger partial charge in [0, 0.05) is 32.1 Å². The topological polar surface area (TPSA) is 86.8 Å². The van der Waals surface area contributed by atoms with Gasteiger partial charge in [-0.25, -0.2) is 8.42 Å². The van der Waals surface area contributed by atoms with Crippen LogP contribution in [0.4, 0.5) is 11.4 Å². The Hall–Kier alpha value is -2.09. The summed E-state index contributed by atoms with van der Waals surface area (Å²) < 4.78 is 23.5. The summed E-state index contributed by atoms with van der Waals surface area (Å²) in [6.45, 7) is 2.27. The molecule has 29 heavy (non-hydrogen) atoms. The molecule has 0 bridgehead atoms. The number of sulfone groups is 1. The molecule has 3 saturated heterocycles. The third-order valence-electron chi connectivity index (χ3n) is 6.29. The molecule has 1 aromatic rings. The fourth-order valence-electron chi connectivity index (χ4n) is 4.68. The monoisotopic (exact) mass is 419 g/mol. The predicted octanol–water partition coefficient (Wildman–Crippen LogP) is 2.04. The van der Waals surface area contributed by atoms with Gasteiger partial charge in [0.05, 0.1) is 28.8 Å². The van der Waals surface area contributed by atoms with E-state index in [9.17, 15) is 18.0 Å². The second-order valence-corrected chi connectivity index (χ2v) is 10.6. The molecule has 3 fully saturated rings. The Morgan fingerprint density at radius 2 is 1.79 bits per heavy atom. The highest BCUT2D eigenvalue weighted by atomic mass is 32.2. The largest absolute Gasteiger partial charge is 0.370 e. The number of nitrogens with one attached hydrogen (secondary N) is 1. The summed E-state index contributed by atoms with van der Waals surface area (Å²) in [5.74, 6) is -0.577. The van der Waals surface area contributed by atoms with E-state index in [0.717, 1.165) is 37.3 Å². The van der Waals surface area contributed by atoms with Crippen LogP contribution >= 0.6 is 0 Å². The van der Waals surface area contributed by atoms with Gasteiger partial charge in [-0.05, 0) is 31.4 Å². The number of hydrogen-bond acceptors (Lipinski definition) is 5. The van der Waals surface area contributed by atoms with Crippen LogP contribution in [0.3, 0.4) is 0 Å². The van der Waals surface area contributed by atoms with Crippen LogP contribution in [0, 0.1) is 5.92 Å². The van der Waals surface area contributed by atoms with Gasteiger partial charge >= 0.3 is 0 Å². The van der Waals surface area contributed by atoms with Crippen molar-refractivity contribution in [2.45, 2.75) is 44.6 Å². The van der Waals surface area contributed by atoms with E-state index in [1.165, 1.54) is 12.8 Å². The molecule has 1 aromatic carbocycles. The molecular weight excluding hydrogens is 390 g/mol. The fraction of sp³-hybridized carbons (Fsp3) is 0.619. The molecule has 1 N–H and O–H groups in total. The van der Waals surface area contributed by atoms with Crippen molar-refractivity contribution in [3.8, 4) is 0 Å². The minimum Gasteiger partial charge on any atom is -0.370 e. The summed E-state index contributed by atoms with van der Waals surface area (Å²) in [6.07, 6.45) is 5.40. The van der Waals surface area contributed by atoms with Crippen LogP contribution in [0.2, 0.25) is 0 Å². The highest BCUT2D eigenvalue weighted by Gasteiger charge is 2.42. The fourth-order valence-corrected chi connectivity index (χ4v) is 6.41. The van der Waals surface area contributed by atoms with Crippen LogP contribution in [-0.4, -0.2) is 62.3 Å². The van der Waals surface area contributed by atoms with Crippen LogP contribution in [0.25, 0.3) is 0 Å². The zero-order chi connectivity index (χ0) is 20.4. The molecule has 7 nitrogen and oxygen atoms in total. The van der Waals surface area contributed by atoms with Gasteiger partial charge in [0.15, 0.2) is 9.84 Å². The van der Waals surface area contributed by atoms with Gasteiger partial charge in [0.25, 0.3) is 0 Å². The molecule has 0 unspecified atom stereocenters. The highest BCUT2D eigenvalue weighted by molar-refractivity contribution is 7.91. The SMILES string of the molecule is O=C(Nc1ccccc1N1CCCCCC1)[C@H]1CC(=O)N([C@@H]2CCS(=O)(=O)C2)C1. The standard InChI is InChI=1S/C21H29N3O4S/c25-20-13-16(14-24(20)17-9-12-29(27,28)15-17)21(26)22-18-7-3-4-8-19(18)23-10-5-1-2-6-11-23/h3-4,7-8,16-17H,1-2,5-6,9-15H2,(H,22,26)/t16-,17+/m0/s1. The van der Waals surface area contributed by atoms with Crippen LogP contribution < -0.4 is 10.2 Å². The van der Waals surface area contributed by atoms with Crippen molar-refractivity contribution < 1.29 is 18.0 Å². The van der Waals surface area contributed by atoms with Crippen molar-refractivity contribution in [1.29, 1.82) is 0 Å². The van der Waals surface area contributed by atoms with Crippen molar-refractivity contribution in [2.75, 3.05) is 41.4 Å². The van der Waals surface area contributed by atoms with Gasteiger partial charge < -0.3 is 15.1 Å². The Balaban J connectivity index is 1.43. The molecule has 8 heteroatoms. The smallest absolute Gasteiger partial charge is 0.229 e. The van der Waals surface area contributed by atoms with Crippen LogP contribution in [-0.2, 0) is 19.4 Å². The molecule has 2 amide bonds. The maximum absolute atomic E-state index is 12.9. The average Bonchev–Trinajstić information content (AvgIpc) is 3.12. The number of nitrogens with zero attached hydrogens (tertiary/aromatic N) is 2. The number of benzene rings is 1. The molecule has 0 saturated carbocycles. The van der Waals surface area contributed by atoms with Gasteiger partial charge in [-0.2, -0.15) is 0 Å². The Morgan fingerprint density at radius 1 is 1.07 bits per heavy atom. The molecular formula is C21H29N3O4S. The molecule has 158 valence electrons. The van der Waals surface area contributed by atoms with Gasteiger partial charge in [-0.3, -0.25) is 9.59 Å². The number of hydrogen-bond donors (Lipinski definition) is 1. The molecule has 0 radical (unpaired) electrons. The van der Waals surface area contributed by atoms with Gasteiger partial charge in [-0.15, -0.1) is 0 Å². The molecule has 3 heterocycles. The van der Waals surface area contributed by atoms with Crippen molar-refractivity contribution in [3.63, 3.8) is 0 Å². The number of carbonyl (C=O) groups excluding carboxylic acids is 2. The minimum atomic E-state index is -3.06. The van der Waals surface area contributed by atoms with E-state index < -0.39 is 15.8 Å². The third kappa shape index (κ3) is 4.57. The second-order valence-electron chi connectivity index (χ2n) is 8.41. The average molecular weight is 420 g/mol. The maximum Gasteiger partial charge on any atom is 0.229 e. The Bertz CT molecular complexity index is 878. The number of carbonyl (C=O) groups is 2. The Labute approximate surface area is 172 Å². The minimum absolute atomic E-state index is 0.0187. The summed E-state index contributed by atoms with van der Waals surface area (Å²) in [4.78, 5) is 29.3. The summed E-state index contributed by atoms with van der Waals surface area (Å²) >= 11 is 0. The van der Waals surface area contributed by atoms with E-state index >= 15 is 0 Å². The van der Waals surface area contributed by atoms with Crippen LogP contribution in [0.1, 0.15) is 38.5 Å². The van der Waals surface area contributed by atoms with E-state index in [1.54, 1.807) is 4.90 Å². The molecule has 3 aliphatic heterocycles.